The van der Waals surface area contributed by atoms with Gasteiger partial charge in [0.2, 0.25) is 15.9 Å². The summed E-state index contributed by atoms with van der Waals surface area (Å²) in [5.41, 5.74) is 0.989. The van der Waals surface area contributed by atoms with Crippen LogP contribution in [-0.2, 0) is 21.2 Å². The van der Waals surface area contributed by atoms with E-state index in [-0.39, 0.29) is 23.8 Å². The fourth-order valence-corrected chi connectivity index (χ4v) is 4.19. The molecule has 0 radical (unpaired) electrons. The SMILES string of the molecule is CC.CNC(=O)[C@H](Cc1ccccc1)C[C@H](O)CN(C)S(=O)(=O)c1ccccc1. The van der Waals surface area contributed by atoms with Crippen molar-refractivity contribution in [2.24, 2.45) is 5.92 Å². The molecule has 2 N–H and O–H groups in total. The van der Waals surface area contributed by atoms with Crippen molar-refractivity contribution < 1.29 is 18.3 Å². The highest BCUT2D eigenvalue weighted by Gasteiger charge is 2.26. The van der Waals surface area contributed by atoms with Crippen LogP contribution in [0.5, 0.6) is 0 Å². The van der Waals surface area contributed by atoms with Crippen LogP contribution in [0.15, 0.2) is 65.6 Å². The number of hydrogen-bond acceptors (Lipinski definition) is 4. The number of rotatable bonds is 9. The fourth-order valence-electron chi connectivity index (χ4n) is 2.96. The van der Waals surface area contributed by atoms with Crippen LogP contribution in [0.1, 0.15) is 25.8 Å². The van der Waals surface area contributed by atoms with E-state index in [0.29, 0.717) is 6.42 Å². The van der Waals surface area contributed by atoms with Gasteiger partial charge in [-0.05, 0) is 30.5 Å². The molecule has 0 aliphatic rings. The normalized spacial score (nSPS) is 13.2. The van der Waals surface area contributed by atoms with Crippen LogP contribution in [0.25, 0.3) is 0 Å². The van der Waals surface area contributed by atoms with Gasteiger partial charge >= 0.3 is 0 Å². The van der Waals surface area contributed by atoms with Crippen molar-refractivity contribution in [3.63, 3.8) is 0 Å². The second kappa shape index (κ2) is 12.4. The Morgan fingerprint density at radius 3 is 2.07 bits per heavy atom. The van der Waals surface area contributed by atoms with Gasteiger partial charge in [-0.1, -0.05) is 62.4 Å². The molecule has 0 aliphatic heterocycles. The first-order valence-corrected chi connectivity index (χ1v) is 11.2. The van der Waals surface area contributed by atoms with Gasteiger partial charge in [-0.3, -0.25) is 4.79 Å². The van der Waals surface area contributed by atoms with Gasteiger partial charge in [0.25, 0.3) is 0 Å². The summed E-state index contributed by atoms with van der Waals surface area (Å²) in [6, 6.07) is 17.6. The molecule has 0 saturated carbocycles. The highest BCUT2D eigenvalue weighted by atomic mass is 32.2. The number of amides is 1. The van der Waals surface area contributed by atoms with Crippen LogP contribution >= 0.6 is 0 Å². The molecule has 2 aromatic rings. The first kappa shape index (κ1) is 24.8. The number of aliphatic hydroxyl groups excluding tert-OH is 1. The summed E-state index contributed by atoms with van der Waals surface area (Å²) >= 11 is 0. The zero-order chi connectivity index (χ0) is 21.9. The first-order valence-electron chi connectivity index (χ1n) is 9.79. The molecule has 6 nitrogen and oxygen atoms in total. The Labute approximate surface area is 174 Å². The van der Waals surface area contributed by atoms with Gasteiger partial charge in [-0.25, -0.2) is 8.42 Å². The van der Waals surface area contributed by atoms with E-state index in [9.17, 15) is 18.3 Å². The highest BCUT2D eigenvalue weighted by Crippen LogP contribution is 2.18. The summed E-state index contributed by atoms with van der Waals surface area (Å²) in [5, 5.41) is 13.1. The van der Waals surface area contributed by atoms with Gasteiger partial charge in [0.1, 0.15) is 0 Å². The molecule has 0 aromatic heterocycles. The van der Waals surface area contributed by atoms with Crippen LogP contribution in [0.4, 0.5) is 0 Å². The molecule has 0 bridgehead atoms. The number of carbonyl (C=O) groups excluding carboxylic acids is 1. The molecule has 2 rings (SSSR count). The Morgan fingerprint density at radius 2 is 1.55 bits per heavy atom. The van der Waals surface area contributed by atoms with E-state index in [1.807, 2.05) is 44.2 Å². The fraction of sp³-hybridized carbons (Fsp3) is 0.409. The molecule has 0 fully saturated rings. The lowest BCUT2D eigenvalue weighted by molar-refractivity contribution is -0.125. The number of hydrogen-bond donors (Lipinski definition) is 2. The summed E-state index contributed by atoms with van der Waals surface area (Å²) < 4.78 is 26.3. The summed E-state index contributed by atoms with van der Waals surface area (Å²) in [5.74, 6) is -0.619. The number of nitrogens with zero attached hydrogens (tertiary/aromatic N) is 1. The average Bonchev–Trinajstić information content (AvgIpc) is 2.75. The minimum Gasteiger partial charge on any atom is -0.392 e. The Morgan fingerprint density at radius 1 is 1.03 bits per heavy atom. The lowest BCUT2D eigenvalue weighted by Crippen LogP contribution is -2.38. The molecule has 2 atom stereocenters. The number of carbonyl (C=O) groups is 1. The molecule has 0 heterocycles. The van der Waals surface area contributed by atoms with Gasteiger partial charge in [-0.15, -0.1) is 0 Å². The van der Waals surface area contributed by atoms with Crippen LogP contribution in [0.2, 0.25) is 0 Å². The number of sulfonamides is 1. The molecule has 0 aliphatic carbocycles. The molecule has 0 saturated heterocycles. The predicted octanol–water partition coefficient (Wildman–Crippen LogP) is 2.69. The first-order chi connectivity index (χ1) is 13.8. The average molecular weight is 421 g/mol. The van der Waals surface area contributed by atoms with Crippen molar-refractivity contribution in [2.75, 3.05) is 20.6 Å². The molecule has 7 heteroatoms. The van der Waals surface area contributed by atoms with Gasteiger partial charge in [0.15, 0.2) is 0 Å². The van der Waals surface area contributed by atoms with Crippen molar-refractivity contribution >= 4 is 15.9 Å². The summed E-state index contributed by atoms with van der Waals surface area (Å²) in [6.45, 7) is 3.92. The lowest BCUT2D eigenvalue weighted by Gasteiger charge is -2.23. The van der Waals surface area contributed by atoms with Crippen LogP contribution in [-0.4, -0.2) is 50.5 Å². The minimum atomic E-state index is -3.68. The Balaban J connectivity index is 0.00000204. The van der Waals surface area contributed by atoms with Crippen LogP contribution in [0, 0.1) is 5.92 Å². The number of benzene rings is 2. The zero-order valence-electron chi connectivity index (χ0n) is 17.6. The van der Waals surface area contributed by atoms with Gasteiger partial charge in [-0.2, -0.15) is 4.31 Å². The predicted molar refractivity (Wildman–Crippen MR) is 116 cm³/mol. The standard InChI is InChI=1S/C20H26N2O4S.C2H6/c1-21-20(24)17(13-16-9-5-3-6-10-16)14-18(23)15-22(2)27(25,26)19-11-7-4-8-12-19;1-2/h3-12,17-18,23H,13-15H2,1-2H3,(H,21,24);1-2H3/t17-,18+;/m1./s1. The third kappa shape index (κ3) is 7.61. The second-order valence-corrected chi connectivity index (χ2v) is 8.53. The number of nitrogens with one attached hydrogen (secondary N) is 1. The van der Waals surface area contributed by atoms with E-state index < -0.39 is 22.0 Å². The van der Waals surface area contributed by atoms with E-state index >= 15 is 0 Å². The van der Waals surface area contributed by atoms with E-state index in [1.165, 1.54) is 19.2 Å². The molecule has 0 unspecified atom stereocenters. The Bertz CT molecular complexity index is 826. The summed E-state index contributed by atoms with van der Waals surface area (Å²) in [6.07, 6.45) is -0.310. The molecule has 160 valence electrons. The molecular weight excluding hydrogens is 388 g/mol. The van der Waals surface area contributed by atoms with E-state index in [1.54, 1.807) is 25.2 Å². The van der Waals surface area contributed by atoms with Crippen molar-refractivity contribution in [1.82, 2.24) is 9.62 Å². The largest absolute Gasteiger partial charge is 0.392 e. The Kier molecular flexibility index (Phi) is 10.6. The van der Waals surface area contributed by atoms with Gasteiger partial charge < -0.3 is 10.4 Å². The molecule has 0 spiro atoms. The zero-order valence-corrected chi connectivity index (χ0v) is 18.4. The molecule has 29 heavy (non-hydrogen) atoms. The van der Waals surface area contributed by atoms with Crippen molar-refractivity contribution in [3.05, 3.63) is 66.2 Å². The van der Waals surface area contributed by atoms with Crippen LogP contribution in [0.3, 0.4) is 0 Å². The second-order valence-electron chi connectivity index (χ2n) is 6.49. The topological polar surface area (TPSA) is 86.7 Å². The number of likely N-dealkylation sites (N-methyl/N-ethyl adjacent to an activating group) is 1. The monoisotopic (exact) mass is 420 g/mol. The maximum Gasteiger partial charge on any atom is 0.242 e. The van der Waals surface area contributed by atoms with E-state index in [2.05, 4.69) is 5.32 Å². The Hall–Kier alpha value is -2.22. The van der Waals surface area contributed by atoms with Crippen molar-refractivity contribution in [3.8, 4) is 0 Å². The third-order valence-electron chi connectivity index (χ3n) is 4.42. The van der Waals surface area contributed by atoms with Gasteiger partial charge in [0, 0.05) is 26.6 Å². The smallest absolute Gasteiger partial charge is 0.242 e. The van der Waals surface area contributed by atoms with Gasteiger partial charge in [0.05, 0.1) is 11.0 Å². The van der Waals surface area contributed by atoms with E-state index in [0.717, 1.165) is 9.87 Å². The van der Waals surface area contributed by atoms with Crippen molar-refractivity contribution in [2.45, 2.75) is 37.7 Å². The molecule has 2 aromatic carbocycles. The lowest BCUT2D eigenvalue weighted by atomic mass is 9.93. The summed E-state index contributed by atoms with van der Waals surface area (Å²) in [7, 11) is -0.699. The summed E-state index contributed by atoms with van der Waals surface area (Å²) in [4.78, 5) is 12.4. The van der Waals surface area contributed by atoms with E-state index in [4.69, 9.17) is 0 Å². The molecular formula is C22H32N2O4S. The van der Waals surface area contributed by atoms with Crippen LogP contribution < -0.4 is 5.32 Å². The quantitative estimate of drug-likeness (QED) is 0.653. The van der Waals surface area contributed by atoms with Crippen molar-refractivity contribution in [1.29, 1.82) is 0 Å². The maximum absolute atomic E-state index is 12.6. The number of aliphatic hydroxyl groups is 1. The maximum atomic E-state index is 12.6. The highest BCUT2D eigenvalue weighted by molar-refractivity contribution is 7.89. The molecule has 1 amide bonds. The third-order valence-corrected chi connectivity index (χ3v) is 6.26. The minimum absolute atomic E-state index is 0.0838.